The lowest BCUT2D eigenvalue weighted by Crippen LogP contribution is -2.17. The summed E-state index contributed by atoms with van der Waals surface area (Å²) in [6, 6.07) is 8.11. The average Bonchev–Trinajstić information content (AvgIpc) is 2.72. The van der Waals surface area contributed by atoms with E-state index in [0.29, 0.717) is 0 Å². The van der Waals surface area contributed by atoms with Crippen LogP contribution in [0.1, 0.15) is 82.1 Å². The van der Waals surface area contributed by atoms with Crippen LogP contribution in [0.4, 0.5) is 0 Å². The Morgan fingerprint density at radius 2 is 1.61 bits per heavy atom. The first-order valence-electron chi connectivity index (χ1n) is 10.9. The van der Waals surface area contributed by atoms with Crippen LogP contribution >= 0.6 is 0 Å². The van der Waals surface area contributed by atoms with Gasteiger partial charge in [-0.1, -0.05) is 63.3 Å². The minimum atomic E-state index is -0.0370. The van der Waals surface area contributed by atoms with Gasteiger partial charge in [-0.2, -0.15) is 0 Å². The fourth-order valence-corrected chi connectivity index (χ4v) is 3.84. The number of carbonyl (C=O) groups is 1. The first kappa shape index (κ1) is 26.6. The third-order valence-corrected chi connectivity index (χ3v) is 5.03. The topological polar surface area (TPSA) is 35.5 Å². The Morgan fingerprint density at radius 3 is 2.11 bits per heavy atom. The van der Waals surface area contributed by atoms with Crippen LogP contribution in [0.2, 0.25) is 0 Å². The molecule has 0 radical (unpaired) electrons. The molecule has 0 amide bonds. The van der Waals surface area contributed by atoms with Crippen molar-refractivity contribution in [3.63, 3.8) is 0 Å². The van der Waals surface area contributed by atoms with Gasteiger partial charge in [0.15, 0.2) is 6.29 Å². The molecule has 2 atom stereocenters. The highest BCUT2D eigenvalue weighted by atomic mass is 16.7. The number of rotatable bonds is 9. The summed E-state index contributed by atoms with van der Waals surface area (Å²) in [6.45, 7) is 15.5. The zero-order valence-corrected chi connectivity index (χ0v) is 18.6. The number of aldehydes is 1. The summed E-state index contributed by atoms with van der Waals surface area (Å²) < 4.78 is 10.1. The first-order valence-corrected chi connectivity index (χ1v) is 10.9. The second-order valence-electron chi connectivity index (χ2n) is 7.23. The lowest BCUT2D eigenvalue weighted by molar-refractivity contribution is -0.123. The highest BCUT2D eigenvalue weighted by Gasteiger charge is 2.21. The van der Waals surface area contributed by atoms with Gasteiger partial charge in [-0.25, -0.2) is 0 Å². The molecule has 3 heteroatoms. The van der Waals surface area contributed by atoms with E-state index in [1.807, 2.05) is 32.9 Å². The van der Waals surface area contributed by atoms with E-state index in [2.05, 4.69) is 32.2 Å². The molecule has 0 spiro atoms. The van der Waals surface area contributed by atoms with Crippen molar-refractivity contribution < 1.29 is 14.3 Å². The number of hydrogen-bond donors (Lipinski definition) is 0. The summed E-state index contributed by atoms with van der Waals surface area (Å²) in [5.41, 5.74) is 2.18. The molecular formula is C25H42O3. The summed E-state index contributed by atoms with van der Waals surface area (Å²) in [6.07, 6.45) is 10.4. The average molecular weight is 391 g/mol. The van der Waals surface area contributed by atoms with Gasteiger partial charge in [0.25, 0.3) is 0 Å². The van der Waals surface area contributed by atoms with Crippen LogP contribution in [0.15, 0.2) is 37.4 Å². The van der Waals surface area contributed by atoms with Crippen molar-refractivity contribution in [3.05, 3.63) is 48.6 Å². The lowest BCUT2D eigenvalue weighted by atomic mass is 9.77. The summed E-state index contributed by atoms with van der Waals surface area (Å²) in [5.74, 6) is 1.82. The predicted octanol–water partition coefficient (Wildman–Crippen LogP) is 6.86. The largest absolute Gasteiger partial charge is 0.353 e. The molecule has 2 rings (SSSR count). The van der Waals surface area contributed by atoms with E-state index in [1.165, 1.54) is 50.5 Å². The molecule has 160 valence electrons. The Labute approximate surface area is 173 Å². The Kier molecular flexibility index (Phi) is 16.7. The first-order chi connectivity index (χ1) is 13.6. The molecule has 0 heterocycles. The number of benzene rings is 1. The summed E-state index contributed by atoms with van der Waals surface area (Å²) in [4.78, 5) is 10.6. The SMILES string of the molecule is C=C.CCCC1CCCC(Cc2ccc(C=O)cc2)C1.CCOC(C)OCC. The number of carbonyl (C=O) groups excluding carboxylic acids is 1. The van der Waals surface area contributed by atoms with Gasteiger partial charge in [0.05, 0.1) is 0 Å². The maximum absolute atomic E-state index is 10.6. The van der Waals surface area contributed by atoms with E-state index in [9.17, 15) is 4.79 Å². The van der Waals surface area contributed by atoms with Crippen LogP contribution in [0, 0.1) is 11.8 Å². The highest BCUT2D eigenvalue weighted by Crippen LogP contribution is 2.33. The molecule has 0 saturated heterocycles. The zero-order valence-electron chi connectivity index (χ0n) is 18.6. The van der Waals surface area contributed by atoms with Crippen molar-refractivity contribution in [3.8, 4) is 0 Å². The number of ether oxygens (including phenoxy) is 2. The molecule has 2 unspecified atom stereocenters. The van der Waals surface area contributed by atoms with E-state index < -0.39 is 0 Å². The van der Waals surface area contributed by atoms with Crippen LogP contribution < -0.4 is 0 Å². The molecule has 3 nitrogen and oxygen atoms in total. The van der Waals surface area contributed by atoms with E-state index in [0.717, 1.165) is 36.9 Å². The Hall–Kier alpha value is -1.45. The van der Waals surface area contributed by atoms with Crippen molar-refractivity contribution in [1.29, 1.82) is 0 Å². The maximum atomic E-state index is 10.6. The Balaban J connectivity index is 0.000000618. The third kappa shape index (κ3) is 12.1. The maximum Gasteiger partial charge on any atom is 0.154 e. The molecule has 28 heavy (non-hydrogen) atoms. The van der Waals surface area contributed by atoms with Gasteiger partial charge in [-0.3, -0.25) is 4.79 Å². The second kappa shape index (κ2) is 17.6. The van der Waals surface area contributed by atoms with Gasteiger partial charge in [0.2, 0.25) is 0 Å². The monoisotopic (exact) mass is 390 g/mol. The molecule has 0 bridgehead atoms. The highest BCUT2D eigenvalue weighted by molar-refractivity contribution is 5.74. The molecule has 0 N–H and O–H groups in total. The van der Waals surface area contributed by atoms with Gasteiger partial charge in [0.1, 0.15) is 6.29 Å². The molecule has 1 saturated carbocycles. The molecule has 0 aliphatic heterocycles. The molecular weight excluding hydrogens is 348 g/mol. The van der Waals surface area contributed by atoms with Crippen molar-refractivity contribution >= 4 is 6.29 Å². The van der Waals surface area contributed by atoms with Gasteiger partial charge < -0.3 is 9.47 Å². The quantitative estimate of drug-likeness (QED) is 0.262. The summed E-state index contributed by atoms with van der Waals surface area (Å²) in [5, 5.41) is 0. The van der Waals surface area contributed by atoms with Crippen molar-refractivity contribution in [2.75, 3.05) is 13.2 Å². The van der Waals surface area contributed by atoms with Crippen molar-refractivity contribution in [2.45, 2.75) is 78.9 Å². The zero-order chi connectivity index (χ0) is 21.2. The molecule has 0 aromatic heterocycles. The fraction of sp³-hybridized carbons (Fsp3) is 0.640. The molecule has 1 aromatic rings. The van der Waals surface area contributed by atoms with Crippen LogP contribution in [0.5, 0.6) is 0 Å². The molecule has 1 aliphatic carbocycles. The van der Waals surface area contributed by atoms with E-state index in [4.69, 9.17) is 9.47 Å². The standard InChI is InChI=1S/C17H24O.C6H14O2.C2H4/c1-2-4-14-5-3-6-17(11-14)12-15-7-9-16(13-18)10-8-15;1-4-7-6(3)8-5-2;1-2/h7-10,13-14,17H,2-6,11-12H2,1H3;6H,4-5H2,1-3H3;1-2H2. The van der Waals surface area contributed by atoms with Crippen LogP contribution in [-0.2, 0) is 15.9 Å². The Bertz CT molecular complexity index is 475. The lowest BCUT2D eigenvalue weighted by Gasteiger charge is -2.29. The minimum Gasteiger partial charge on any atom is -0.353 e. The fourth-order valence-electron chi connectivity index (χ4n) is 3.84. The summed E-state index contributed by atoms with van der Waals surface area (Å²) in [7, 11) is 0. The van der Waals surface area contributed by atoms with Gasteiger partial charge in [-0.15, -0.1) is 13.2 Å². The third-order valence-electron chi connectivity index (χ3n) is 5.03. The van der Waals surface area contributed by atoms with Crippen LogP contribution in [0.3, 0.4) is 0 Å². The van der Waals surface area contributed by atoms with Crippen LogP contribution in [-0.4, -0.2) is 25.8 Å². The van der Waals surface area contributed by atoms with Crippen LogP contribution in [0.25, 0.3) is 0 Å². The number of hydrogen-bond acceptors (Lipinski definition) is 3. The van der Waals surface area contributed by atoms with Gasteiger partial charge >= 0.3 is 0 Å². The van der Waals surface area contributed by atoms with Crippen molar-refractivity contribution in [1.82, 2.24) is 0 Å². The Morgan fingerprint density at radius 1 is 1.04 bits per heavy atom. The van der Waals surface area contributed by atoms with E-state index in [-0.39, 0.29) is 6.29 Å². The van der Waals surface area contributed by atoms with Crippen molar-refractivity contribution in [2.24, 2.45) is 11.8 Å². The van der Waals surface area contributed by atoms with Gasteiger partial charge in [-0.05, 0) is 51.0 Å². The van der Waals surface area contributed by atoms with E-state index >= 15 is 0 Å². The minimum absolute atomic E-state index is 0.0370. The normalized spacial score (nSPS) is 18.5. The summed E-state index contributed by atoms with van der Waals surface area (Å²) >= 11 is 0. The molecule has 1 aromatic carbocycles. The molecule has 1 fully saturated rings. The smallest absolute Gasteiger partial charge is 0.154 e. The van der Waals surface area contributed by atoms with E-state index in [1.54, 1.807) is 0 Å². The van der Waals surface area contributed by atoms with Gasteiger partial charge in [0, 0.05) is 18.8 Å². The second-order valence-corrected chi connectivity index (χ2v) is 7.23. The predicted molar refractivity (Wildman–Crippen MR) is 120 cm³/mol. The molecule has 1 aliphatic rings.